The van der Waals surface area contributed by atoms with Gasteiger partial charge in [-0.15, -0.1) is 0 Å². The minimum atomic E-state index is -1.06. The van der Waals surface area contributed by atoms with Crippen LogP contribution in [0.5, 0.6) is 0 Å². The number of rotatable bonds is 6. The largest absolute Gasteiger partial charge is 0.478 e. The highest BCUT2D eigenvalue weighted by atomic mass is 35.5. The molecule has 0 atom stereocenters. The van der Waals surface area contributed by atoms with Crippen LogP contribution >= 0.6 is 11.6 Å². The van der Waals surface area contributed by atoms with Gasteiger partial charge in [0.2, 0.25) is 0 Å². The van der Waals surface area contributed by atoms with E-state index in [2.05, 4.69) is 45.0 Å². The summed E-state index contributed by atoms with van der Waals surface area (Å²) in [6.07, 6.45) is 0.270. The molecule has 0 unspecified atom stereocenters. The molecule has 0 aromatic heterocycles. The van der Waals surface area contributed by atoms with Crippen LogP contribution in [0.25, 0.3) is 11.1 Å². The Hall–Kier alpha value is -2.91. The fraction of sp³-hybridized carbons (Fsp3) is 0.231. The SMILES string of the molecule is CC(C)(C)c1ccc(-c2cccc(CC(=O)Cc3cc(Cl)ccc3C(=O)O)c2)cc1. The molecule has 0 aliphatic rings. The quantitative estimate of drug-likeness (QED) is 0.505. The van der Waals surface area contributed by atoms with E-state index in [0.717, 1.165) is 16.7 Å². The number of carbonyl (C=O) groups is 2. The fourth-order valence-electron chi connectivity index (χ4n) is 3.44. The first-order chi connectivity index (χ1) is 14.1. The summed E-state index contributed by atoms with van der Waals surface area (Å²) in [5, 5.41) is 9.76. The summed E-state index contributed by atoms with van der Waals surface area (Å²) in [5.74, 6) is -1.12. The predicted molar refractivity (Wildman–Crippen MR) is 121 cm³/mol. The van der Waals surface area contributed by atoms with Crippen LogP contribution in [0.1, 0.15) is 47.8 Å². The van der Waals surface area contributed by atoms with Crippen molar-refractivity contribution >= 4 is 23.4 Å². The zero-order valence-electron chi connectivity index (χ0n) is 17.4. The molecule has 1 N–H and O–H groups in total. The van der Waals surface area contributed by atoms with Crippen molar-refractivity contribution in [3.8, 4) is 11.1 Å². The van der Waals surface area contributed by atoms with Crippen molar-refractivity contribution in [2.75, 3.05) is 0 Å². The molecule has 0 saturated carbocycles. The molecule has 3 rings (SSSR count). The fourth-order valence-corrected chi connectivity index (χ4v) is 3.64. The number of carboxylic acids is 1. The van der Waals surface area contributed by atoms with E-state index in [9.17, 15) is 14.7 Å². The Bertz CT molecular complexity index is 1080. The summed E-state index contributed by atoms with van der Waals surface area (Å²) in [5.41, 5.74) is 4.97. The van der Waals surface area contributed by atoms with Crippen molar-refractivity contribution in [1.82, 2.24) is 0 Å². The maximum atomic E-state index is 12.6. The van der Waals surface area contributed by atoms with Crippen molar-refractivity contribution in [3.05, 3.63) is 94.0 Å². The Balaban J connectivity index is 1.77. The summed E-state index contributed by atoms with van der Waals surface area (Å²) >= 11 is 5.99. The minimum absolute atomic E-state index is 0.0344. The normalized spacial score (nSPS) is 11.3. The number of Topliss-reactive ketones (excluding diaryl/α,β-unsaturated/α-hetero) is 1. The Labute approximate surface area is 182 Å². The molecule has 30 heavy (non-hydrogen) atoms. The summed E-state index contributed by atoms with van der Waals surface area (Å²) in [6, 6.07) is 20.9. The third kappa shape index (κ3) is 5.37. The Morgan fingerprint density at radius 1 is 0.867 bits per heavy atom. The van der Waals surface area contributed by atoms with E-state index in [-0.39, 0.29) is 29.6 Å². The molecule has 3 aromatic carbocycles. The van der Waals surface area contributed by atoms with Crippen molar-refractivity contribution in [1.29, 1.82) is 0 Å². The van der Waals surface area contributed by atoms with Gasteiger partial charge in [-0.25, -0.2) is 4.79 Å². The second-order valence-corrected chi connectivity index (χ2v) is 8.96. The number of halogens is 1. The second-order valence-electron chi connectivity index (χ2n) is 8.53. The molecule has 0 aliphatic carbocycles. The van der Waals surface area contributed by atoms with Gasteiger partial charge < -0.3 is 5.11 Å². The van der Waals surface area contributed by atoms with Gasteiger partial charge in [0.25, 0.3) is 0 Å². The average Bonchev–Trinajstić information content (AvgIpc) is 2.67. The average molecular weight is 421 g/mol. The van der Waals surface area contributed by atoms with E-state index in [0.29, 0.717) is 10.6 Å². The lowest BCUT2D eigenvalue weighted by Crippen LogP contribution is -2.11. The van der Waals surface area contributed by atoms with Crippen LogP contribution in [0.3, 0.4) is 0 Å². The lowest BCUT2D eigenvalue weighted by atomic mass is 9.86. The highest BCUT2D eigenvalue weighted by Gasteiger charge is 2.15. The van der Waals surface area contributed by atoms with Crippen LogP contribution in [0.4, 0.5) is 0 Å². The van der Waals surface area contributed by atoms with Crippen LogP contribution in [-0.2, 0) is 23.1 Å². The second kappa shape index (κ2) is 8.85. The van der Waals surface area contributed by atoms with E-state index in [1.165, 1.54) is 17.7 Å². The maximum absolute atomic E-state index is 12.6. The number of ketones is 1. The predicted octanol–water partition coefficient (Wildman–Crippen LogP) is 6.36. The van der Waals surface area contributed by atoms with Crippen molar-refractivity contribution < 1.29 is 14.7 Å². The first-order valence-electron chi connectivity index (χ1n) is 9.87. The molecule has 154 valence electrons. The molecule has 3 aromatic rings. The zero-order valence-corrected chi connectivity index (χ0v) is 18.2. The van der Waals surface area contributed by atoms with Gasteiger partial charge in [-0.05, 0) is 51.4 Å². The maximum Gasteiger partial charge on any atom is 0.335 e. The summed E-state index contributed by atoms with van der Waals surface area (Å²) in [6.45, 7) is 6.55. The van der Waals surface area contributed by atoms with Crippen molar-refractivity contribution in [2.24, 2.45) is 0 Å². The van der Waals surface area contributed by atoms with Crippen LogP contribution in [0, 0.1) is 0 Å². The Morgan fingerprint density at radius 2 is 1.57 bits per heavy atom. The van der Waals surface area contributed by atoms with Crippen LogP contribution < -0.4 is 0 Å². The third-order valence-corrected chi connectivity index (χ3v) is 5.33. The Morgan fingerprint density at radius 3 is 2.20 bits per heavy atom. The molecule has 3 nitrogen and oxygen atoms in total. The lowest BCUT2D eigenvalue weighted by molar-refractivity contribution is -0.117. The lowest BCUT2D eigenvalue weighted by Gasteiger charge is -2.19. The highest BCUT2D eigenvalue weighted by molar-refractivity contribution is 6.30. The molecule has 0 radical (unpaired) electrons. The van der Waals surface area contributed by atoms with Gasteiger partial charge in [0.05, 0.1) is 5.56 Å². The molecule has 0 amide bonds. The number of hydrogen-bond acceptors (Lipinski definition) is 2. The smallest absolute Gasteiger partial charge is 0.335 e. The van der Waals surface area contributed by atoms with Gasteiger partial charge >= 0.3 is 5.97 Å². The summed E-state index contributed by atoms with van der Waals surface area (Å²) in [7, 11) is 0. The number of aromatic carboxylic acids is 1. The highest BCUT2D eigenvalue weighted by Crippen LogP contribution is 2.27. The van der Waals surface area contributed by atoms with Crippen LogP contribution in [0.2, 0.25) is 5.02 Å². The molecule has 0 fully saturated rings. The molecule has 4 heteroatoms. The Kier molecular flexibility index (Phi) is 6.42. The minimum Gasteiger partial charge on any atom is -0.478 e. The van der Waals surface area contributed by atoms with Gasteiger partial charge in [-0.1, -0.05) is 80.9 Å². The van der Waals surface area contributed by atoms with Gasteiger partial charge in [0.1, 0.15) is 5.78 Å². The molecule has 0 spiro atoms. The molecule has 0 bridgehead atoms. The number of benzene rings is 3. The van der Waals surface area contributed by atoms with E-state index >= 15 is 0 Å². The van der Waals surface area contributed by atoms with Gasteiger partial charge in [0.15, 0.2) is 0 Å². The third-order valence-electron chi connectivity index (χ3n) is 5.10. The first kappa shape index (κ1) is 21.8. The van der Waals surface area contributed by atoms with Crippen LogP contribution in [0.15, 0.2) is 66.7 Å². The van der Waals surface area contributed by atoms with Gasteiger partial charge in [-0.3, -0.25) is 4.79 Å². The monoisotopic (exact) mass is 420 g/mol. The van der Waals surface area contributed by atoms with Gasteiger partial charge in [0, 0.05) is 17.9 Å². The standard InChI is InChI=1S/C26H25ClO3/c1-26(2,3)21-9-7-18(8-10-21)19-6-4-5-17(13-19)14-23(28)16-20-15-22(27)11-12-24(20)25(29)30/h4-13,15H,14,16H2,1-3H3,(H,29,30). The van der Waals surface area contributed by atoms with Crippen molar-refractivity contribution in [3.63, 3.8) is 0 Å². The topological polar surface area (TPSA) is 54.4 Å². The first-order valence-corrected chi connectivity index (χ1v) is 10.2. The molecule has 0 saturated heterocycles. The zero-order chi connectivity index (χ0) is 21.9. The molecular weight excluding hydrogens is 396 g/mol. The van der Waals surface area contributed by atoms with E-state index in [4.69, 9.17) is 11.6 Å². The van der Waals surface area contributed by atoms with E-state index < -0.39 is 5.97 Å². The van der Waals surface area contributed by atoms with Gasteiger partial charge in [-0.2, -0.15) is 0 Å². The number of carboxylic acid groups (broad SMARTS) is 1. The molecule has 0 aliphatic heterocycles. The molecular formula is C26H25ClO3. The molecule has 0 heterocycles. The summed E-state index contributed by atoms with van der Waals surface area (Å²) in [4.78, 5) is 24.0. The van der Waals surface area contributed by atoms with E-state index in [1.807, 2.05) is 24.3 Å². The number of hydrogen-bond donors (Lipinski definition) is 1. The number of carbonyl (C=O) groups excluding carboxylic acids is 1. The van der Waals surface area contributed by atoms with Crippen molar-refractivity contribution in [2.45, 2.75) is 39.0 Å². The summed E-state index contributed by atoms with van der Waals surface area (Å²) < 4.78 is 0. The van der Waals surface area contributed by atoms with E-state index in [1.54, 1.807) is 6.07 Å². The van der Waals surface area contributed by atoms with Crippen LogP contribution in [-0.4, -0.2) is 16.9 Å².